The summed E-state index contributed by atoms with van der Waals surface area (Å²) in [7, 11) is 1.64. The van der Waals surface area contributed by atoms with Crippen molar-refractivity contribution in [1.82, 2.24) is 10.2 Å². The molecule has 1 aromatic rings. The minimum Gasteiger partial charge on any atom is -0.497 e. The van der Waals surface area contributed by atoms with Gasteiger partial charge in [0, 0.05) is 13.1 Å². The first kappa shape index (κ1) is 15.8. The number of ether oxygens (including phenoxy) is 2. The lowest BCUT2D eigenvalue weighted by Crippen LogP contribution is -2.37. The molecule has 1 unspecified atom stereocenters. The van der Waals surface area contributed by atoms with Crippen molar-refractivity contribution in [3.63, 3.8) is 0 Å². The number of hydrogen-bond acceptors (Lipinski definition) is 5. The van der Waals surface area contributed by atoms with Gasteiger partial charge in [-0.1, -0.05) is 12.1 Å². The Morgan fingerprint density at radius 3 is 2.95 bits per heavy atom. The largest absolute Gasteiger partial charge is 0.497 e. The zero-order valence-corrected chi connectivity index (χ0v) is 12.5. The van der Waals surface area contributed by atoms with E-state index in [0.717, 1.165) is 57.1 Å². The summed E-state index contributed by atoms with van der Waals surface area (Å²) in [6.07, 6.45) is 1.03. The van der Waals surface area contributed by atoms with E-state index in [1.807, 2.05) is 24.3 Å². The van der Waals surface area contributed by atoms with Gasteiger partial charge in [0.05, 0.1) is 26.4 Å². The van der Waals surface area contributed by atoms with Gasteiger partial charge in [-0.15, -0.1) is 0 Å². The Kier molecular flexibility index (Phi) is 6.48. The third-order valence-corrected chi connectivity index (χ3v) is 3.66. The van der Waals surface area contributed by atoms with Crippen molar-refractivity contribution >= 4 is 0 Å². The second-order valence-electron chi connectivity index (χ2n) is 5.10. The van der Waals surface area contributed by atoms with Gasteiger partial charge in [-0.05, 0) is 37.2 Å². The molecule has 114 valence electrons. The third kappa shape index (κ3) is 5.01. The van der Waals surface area contributed by atoms with Crippen molar-refractivity contribution in [1.29, 1.82) is 5.26 Å². The first-order valence-corrected chi connectivity index (χ1v) is 7.40. The van der Waals surface area contributed by atoms with Crippen LogP contribution in [0.2, 0.25) is 0 Å². The van der Waals surface area contributed by atoms with E-state index in [-0.39, 0.29) is 6.04 Å². The topological polar surface area (TPSA) is 57.5 Å². The van der Waals surface area contributed by atoms with Crippen molar-refractivity contribution in [3.05, 3.63) is 29.8 Å². The molecule has 0 spiro atoms. The van der Waals surface area contributed by atoms with E-state index in [2.05, 4.69) is 16.3 Å². The van der Waals surface area contributed by atoms with Gasteiger partial charge in [-0.3, -0.25) is 10.2 Å². The van der Waals surface area contributed by atoms with E-state index in [4.69, 9.17) is 9.47 Å². The normalized spacial score (nSPS) is 17.1. The molecular weight excluding hydrogens is 266 g/mol. The molecule has 5 heteroatoms. The van der Waals surface area contributed by atoms with Crippen LogP contribution in [0.5, 0.6) is 5.75 Å². The lowest BCUT2D eigenvalue weighted by Gasteiger charge is -2.26. The number of nitriles is 1. The van der Waals surface area contributed by atoms with Gasteiger partial charge in [0.25, 0.3) is 0 Å². The molecule has 5 nitrogen and oxygen atoms in total. The predicted octanol–water partition coefficient (Wildman–Crippen LogP) is 1.57. The summed E-state index contributed by atoms with van der Waals surface area (Å²) in [4.78, 5) is 2.40. The van der Waals surface area contributed by atoms with Gasteiger partial charge in [0.15, 0.2) is 0 Å². The van der Waals surface area contributed by atoms with Crippen LogP contribution in [0.15, 0.2) is 24.3 Å². The molecule has 1 atom stereocenters. The molecule has 0 aliphatic carbocycles. The number of nitrogens with one attached hydrogen (secondary N) is 1. The maximum absolute atomic E-state index is 9.31. The van der Waals surface area contributed by atoms with Crippen LogP contribution in [0.25, 0.3) is 0 Å². The second kappa shape index (κ2) is 8.63. The van der Waals surface area contributed by atoms with Crippen LogP contribution in [0.1, 0.15) is 18.0 Å². The van der Waals surface area contributed by atoms with E-state index in [0.29, 0.717) is 0 Å². The highest BCUT2D eigenvalue weighted by Gasteiger charge is 2.12. The Morgan fingerprint density at radius 1 is 1.43 bits per heavy atom. The highest BCUT2D eigenvalue weighted by molar-refractivity contribution is 5.32. The second-order valence-corrected chi connectivity index (χ2v) is 5.10. The zero-order valence-electron chi connectivity index (χ0n) is 12.5. The van der Waals surface area contributed by atoms with Gasteiger partial charge in [-0.2, -0.15) is 5.26 Å². The molecule has 1 saturated heterocycles. The Balaban J connectivity index is 1.75. The first-order chi connectivity index (χ1) is 10.3. The maximum Gasteiger partial charge on any atom is 0.121 e. The fraction of sp³-hybridized carbons (Fsp3) is 0.562. The van der Waals surface area contributed by atoms with Crippen LogP contribution in [0.3, 0.4) is 0 Å². The van der Waals surface area contributed by atoms with Gasteiger partial charge in [0.2, 0.25) is 0 Å². The summed E-state index contributed by atoms with van der Waals surface area (Å²) in [5, 5.41) is 12.6. The van der Waals surface area contributed by atoms with Gasteiger partial charge in [-0.25, -0.2) is 0 Å². The van der Waals surface area contributed by atoms with E-state index in [9.17, 15) is 5.26 Å². The SMILES string of the molecule is COc1cccc(C(C#N)NCCCN2CCOCC2)c1. The van der Waals surface area contributed by atoms with Crippen molar-refractivity contribution < 1.29 is 9.47 Å². The lowest BCUT2D eigenvalue weighted by molar-refractivity contribution is 0.0374. The van der Waals surface area contributed by atoms with Crippen LogP contribution < -0.4 is 10.1 Å². The zero-order chi connectivity index (χ0) is 14.9. The van der Waals surface area contributed by atoms with E-state index in [1.54, 1.807) is 7.11 Å². The molecule has 1 heterocycles. The van der Waals surface area contributed by atoms with E-state index < -0.39 is 0 Å². The molecule has 0 aromatic heterocycles. The van der Waals surface area contributed by atoms with Gasteiger partial charge < -0.3 is 9.47 Å². The Bertz CT molecular complexity index is 467. The number of hydrogen-bond donors (Lipinski definition) is 1. The van der Waals surface area contributed by atoms with E-state index in [1.165, 1.54) is 0 Å². The molecule has 0 radical (unpaired) electrons. The molecular formula is C16H23N3O2. The highest BCUT2D eigenvalue weighted by atomic mass is 16.5. The smallest absolute Gasteiger partial charge is 0.121 e. The average Bonchev–Trinajstić information content (AvgIpc) is 2.56. The molecule has 1 N–H and O–H groups in total. The summed E-state index contributed by atoms with van der Waals surface area (Å²) >= 11 is 0. The van der Waals surface area contributed by atoms with Crippen molar-refractivity contribution in [2.45, 2.75) is 12.5 Å². The molecule has 2 rings (SSSR count). The molecule has 0 amide bonds. The predicted molar refractivity (Wildman–Crippen MR) is 81.2 cm³/mol. The van der Waals surface area contributed by atoms with E-state index >= 15 is 0 Å². The minimum atomic E-state index is -0.287. The summed E-state index contributed by atoms with van der Waals surface area (Å²) < 4.78 is 10.5. The van der Waals surface area contributed by atoms with Crippen LogP contribution in [-0.4, -0.2) is 51.4 Å². The lowest BCUT2D eigenvalue weighted by atomic mass is 10.1. The molecule has 1 aliphatic heterocycles. The standard InChI is InChI=1S/C16H23N3O2/c1-20-15-5-2-4-14(12-15)16(13-17)18-6-3-7-19-8-10-21-11-9-19/h2,4-5,12,16,18H,3,6-11H2,1H3. The summed E-state index contributed by atoms with van der Waals surface area (Å²) in [5.41, 5.74) is 0.947. The first-order valence-electron chi connectivity index (χ1n) is 7.40. The Morgan fingerprint density at radius 2 is 2.24 bits per heavy atom. The van der Waals surface area contributed by atoms with Crippen molar-refractivity contribution in [2.75, 3.05) is 46.5 Å². The molecule has 0 saturated carbocycles. The number of morpholine rings is 1. The van der Waals surface area contributed by atoms with Crippen LogP contribution in [-0.2, 0) is 4.74 Å². The molecule has 1 aromatic carbocycles. The molecule has 1 fully saturated rings. The number of methoxy groups -OCH3 is 1. The number of rotatable bonds is 7. The maximum atomic E-state index is 9.31. The average molecular weight is 289 g/mol. The number of benzene rings is 1. The van der Waals surface area contributed by atoms with Gasteiger partial charge >= 0.3 is 0 Å². The molecule has 0 bridgehead atoms. The highest BCUT2D eigenvalue weighted by Crippen LogP contribution is 2.18. The van der Waals surface area contributed by atoms with Crippen LogP contribution >= 0.6 is 0 Å². The fourth-order valence-corrected chi connectivity index (χ4v) is 2.43. The Hall–Kier alpha value is -1.61. The summed E-state index contributed by atoms with van der Waals surface area (Å²) in [6.45, 7) is 5.56. The third-order valence-electron chi connectivity index (χ3n) is 3.66. The Labute approximate surface area is 126 Å². The summed E-state index contributed by atoms with van der Waals surface area (Å²) in [6, 6.07) is 9.67. The minimum absolute atomic E-state index is 0.287. The quantitative estimate of drug-likeness (QED) is 0.772. The van der Waals surface area contributed by atoms with Crippen LogP contribution in [0, 0.1) is 11.3 Å². The van der Waals surface area contributed by atoms with Crippen LogP contribution in [0.4, 0.5) is 0 Å². The van der Waals surface area contributed by atoms with Crippen molar-refractivity contribution in [3.8, 4) is 11.8 Å². The summed E-state index contributed by atoms with van der Waals surface area (Å²) in [5.74, 6) is 0.780. The molecule has 21 heavy (non-hydrogen) atoms. The fourth-order valence-electron chi connectivity index (χ4n) is 2.43. The number of nitrogens with zero attached hydrogens (tertiary/aromatic N) is 2. The molecule has 1 aliphatic rings. The van der Waals surface area contributed by atoms with Crippen molar-refractivity contribution in [2.24, 2.45) is 0 Å². The van der Waals surface area contributed by atoms with Gasteiger partial charge in [0.1, 0.15) is 11.8 Å². The monoisotopic (exact) mass is 289 g/mol.